The smallest absolute Gasteiger partial charge is 0.241 e. The molecule has 112 valence electrons. The van der Waals surface area contributed by atoms with Gasteiger partial charge in [0.15, 0.2) is 0 Å². The summed E-state index contributed by atoms with van der Waals surface area (Å²) in [5.41, 5.74) is 0.993. The van der Waals surface area contributed by atoms with E-state index in [1.165, 1.54) is 6.07 Å². The van der Waals surface area contributed by atoms with Crippen molar-refractivity contribution in [3.63, 3.8) is 0 Å². The topological polar surface area (TPSA) is 101 Å². The summed E-state index contributed by atoms with van der Waals surface area (Å²) in [6.07, 6.45) is 1.76. The van der Waals surface area contributed by atoms with E-state index in [9.17, 15) is 13.2 Å². The number of rotatable bonds is 3. The van der Waals surface area contributed by atoms with Crippen molar-refractivity contribution >= 4 is 34.0 Å². The molecule has 2 rings (SSSR count). The highest BCUT2D eigenvalue weighted by Crippen LogP contribution is 2.19. The number of primary sulfonamides is 1. The number of aryl methyl sites for hydroxylation is 1. The Hall–Kier alpha value is -1.15. The molecule has 1 fully saturated rings. The molecule has 1 heterocycles. The van der Waals surface area contributed by atoms with Crippen LogP contribution in [0.5, 0.6) is 0 Å². The summed E-state index contributed by atoms with van der Waals surface area (Å²) < 4.78 is 22.8. The number of hydrogen-bond acceptors (Lipinski definition) is 4. The SMILES string of the molecule is Cc1ccc(NC(=O)C2CCCN2)cc1S(N)(=O)=O.Cl. The number of sulfonamides is 1. The molecule has 1 aromatic carbocycles. The van der Waals surface area contributed by atoms with Crippen molar-refractivity contribution in [1.82, 2.24) is 5.32 Å². The number of nitrogens with one attached hydrogen (secondary N) is 2. The molecular weight excluding hydrogens is 302 g/mol. The molecule has 1 aliphatic rings. The zero-order valence-corrected chi connectivity index (χ0v) is 12.7. The Kier molecular flexibility index (Phi) is 5.52. The number of nitrogens with two attached hydrogens (primary N) is 1. The molecule has 0 spiro atoms. The maximum atomic E-state index is 11.9. The lowest BCUT2D eigenvalue weighted by molar-refractivity contribution is -0.117. The molecular formula is C12H18ClN3O3S. The van der Waals surface area contributed by atoms with Crippen LogP contribution >= 0.6 is 12.4 Å². The van der Waals surface area contributed by atoms with Gasteiger partial charge in [-0.05, 0) is 44.0 Å². The highest BCUT2D eigenvalue weighted by molar-refractivity contribution is 7.89. The summed E-state index contributed by atoms with van der Waals surface area (Å²) in [7, 11) is -3.78. The molecule has 0 aromatic heterocycles. The Morgan fingerprint density at radius 1 is 1.45 bits per heavy atom. The van der Waals surface area contributed by atoms with Crippen molar-refractivity contribution < 1.29 is 13.2 Å². The first kappa shape index (κ1) is 16.9. The van der Waals surface area contributed by atoms with Crippen molar-refractivity contribution in [2.45, 2.75) is 30.7 Å². The minimum Gasteiger partial charge on any atom is -0.325 e. The van der Waals surface area contributed by atoms with Crippen LogP contribution in [-0.2, 0) is 14.8 Å². The molecule has 0 radical (unpaired) electrons. The molecule has 6 nitrogen and oxygen atoms in total. The van der Waals surface area contributed by atoms with E-state index in [2.05, 4.69) is 10.6 Å². The number of anilines is 1. The number of halogens is 1. The highest BCUT2D eigenvalue weighted by Gasteiger charge is 2.22. The summed E-state index contributed by atoms with van der Waals surface area (Å²) in [5, 5.41) is 10.9. The van der Waals surface area contributed by atoms with Crippen LogP contribution < -0.4 is 15.8 Å². The molecule has 8 heteroatoms. The molecule has 0 bridgehead atoms. The first-order valence-electron chi connectivity index (χ1n) is 6.05. The van der Waals surface area contributed by atoms with Crippen LogP contribution in [0.2, 0.25) is 0 Å². The fourth-order valence-corrected chi connectivity index (χ4v) is 2.93. The normalized spacial score (nSPS) is 18.4. The van der Waals surface area contributed by atoms with Gasteiger partial charge in [0.05, 0.1) is 10.9 Å². The summed E-state index contributed by atoms with van der Waals surface area (Å²) in [5.74, 6) is -0.151. The fourth-order valence-electron chi connectivity index (χ4n) is 2.12. The second-order valence-corrected chi connectivity index (χ2v) is 6.19. The van der Waals surface area contributed by atoms with E-state index in [0.717, 1.165) is 19.4 Å². The second-order valence-electron chi connectivity index (χ2n) is 4.66. The molecule has 1 aromatic rings. The third kappa shape index (κ3) is 3.92. The van der Waals surface area contributed by atoms with E-state index < -0.39 is 10.0 Å². The average Bonchev–Trinajstić information content (AvgIpc) is 2.83. The van der Waals surface area contributed by atoms with Gasteiger partial charge in [0.25, 0.3) is 0 Å². The van der Waals surface area contributed by atoms with Gasteiger partial charge in [-0.15, -0.1) is 12.4 Å². The molecule has 1 amide bonds. The van der Waals surface area contributed by atoms with Gasteiger partial charge in [0.2, 0.25) is 15.9 Å². The first-order valence-corrected chi connectivity index (χ1v) is 7.60. The third-order valence-electron chi connectivity index (χ3n) is 3.14. The Bertz CT molecular complexity index is 598. The Morgan fingerprint density at radius 3 is 2.70 bits per heavy atom. The van der Waals surface area contributed by atoms with Crippen LogP contribution in [0.1, 0.15) is 18.4 Å². The Morgan fingerprint density at radius 2 is 2.15 bits per heavy atom. The summed E-state index contributed by atoms with van der Waals surface area (Å²) in [6, 6.07) is 4.46. The number of carbonyl (C=O) groups excluding carboxylic acids is 1. The molecule has 4 N–H and O–H groups in total. The van der Waals surface area contributed by atoms with Crippen molar-refractivity contribution in [3.05, 3.63) is 23.8 Å². The predicted molar refractivity (Wildman–Crippen MR) is 79.5 cm³/mol. The summed E-state index contributed by atoms with van der Waals surface area (Å²) >= 11 is 0. The lowest BCUT2D eigenvalue weighted by atomic mass is 10.2. The fraction of sp³-hybridized carbons (Fsp3) is 0.417. The van der Waals surface area contributed by atoms with E-state index in [-0.39, 0.29) is 29.3 Å². The zero-order valence-electron chi connectivity index (χ0n) is 11.0. The van der Waals surface area contributed by atoms with Crippen molar-refractivity contribution in [1.29, 1.82) is 0 Å². The lowest BCUT2D eigenvalue weighted by Gasteiger charge is -2.12. The quantitative estimate of drug-likeness (QED) is 0.765. The summed E-state index contributed by atoms with van der Waals surface area (Å²) in [4.78, 5) is 11.9. The lowest BCUT2D eigenvalue weighted by Crippen LogP contribution is -2.35. The van der Waals surface area contributed by atoms with Crippen LogP contribution in [-0.4, -0.2) is 26.9 Å². The molecule has 0 aliphatic carbocycles. The van der Waals surface area contributed by atoms with Crippen LogP contribution in [0.15, 0.2) is 23.1 Å². The van der Waals surface area contributed by atoms with E-state index in [1.807, 2.05) is 0 Å². The minimum atomic E-state index is -3.78. The van der Waals surface area contributed by atoms with Crippen molar-refractivity contribution in [2.75, 3.05) is 11.9 Å². The number of carbonyl (C=O) groups is 1. The van der Waals surface area contributed by atoms with E-state index in [4.69, 9.17) is 5.14 Å². The maximum absolute atomic E-state index is 11.9. The standard InChI is InChI=1S/C12H17N3O3S.ClH/c1-8-4-5-9(7-11(8)19(13,17)18)15-12(16)10-3-2-6-14-10;/h4-5,7,10,14H,2-3,6H2,1H3,(H,15,16)(H2,13,17,18);1H. The molecule has 20 heavy (non-hydrogen) atoms. The molecule has 1 atom stereocenters. The first-order chi connectivity index (χ1) is 8.88. The van der Waals surface area contributed by atoms with Crippen LogP contribution in [0, 0.1) is 6.92 Å². The largest absolute Gasteiger partial charge is 0.325 e. The molecule has 1 saturated heterocycles. The zero-order chi connectivity index (χ0) is 14.0. The Balaban J connectivity index is 0.00000200. The maximum Gasteiger partial charge on any atom is 0.241 e. The molecule has 0 saturated carbocycles. The highest BCUT2D eigenvalue weighted by atomic mass is 35.5. The Labute approximate surface area is 124 Å². The average molecular weight is 320 g/mol. The number of benzene rings is 1. The third-order valence-corrected chi connectivity index (χ3v) is 4.19. The van der Waals surface area contributed by atoms with Gasteiger partial charge in [-0.1, -0.05) is 6.07 Å². The number of hydrogen-bond donors (Lipinski definition) is 3. The van der Waals surface area contributed by atoms with Gasteiger partial charge in [0.1, 0.15) is 0 Å². The van der Waals surface area contributed by atoms with Gasteiger partial charge in [-0.2, -0.15) is 0 Å². The van der Waals surface area contributed by atoms with Crippen molar-refractivity contribution in [3.8, 4) is 0 Å². The van der Waals surface area contributed by atoms with Crippen LogP contribution in [0.25, 0.3) is 0 Å². The second kappa shape index (κ2) is 6.53. The van der Waals surface area contributed by atoms with Gasteiger partial charge >= 0.3 is 0 Å². The van der Waals surface area contributed by atoms with Crippen LogP contribution in [0.4, 0.5) is 5.69 Å². The van der Waals surface area contributed by atoms with Crippen LogP contribution in [0.3, 0.4) is 0 Å². The van der Waals surface area contributed by atoms with E-state index >= 15 is 0 Å². The van der Waals surface area contributed by atoms with Gasteiger partial charge in [-0.3, -0.25) is 4.79 Å². The van der Waals surface area contributed by atoms with Crippen molar-refractivity contribution in [2.24, 2.45) is 5.14 Å². The molecule has 1 unspecified atom stereocenters. The number of amides is 1. The van der Waals surface area contributed by atoms with Gasteiger partial charge < -0.3 is 10.6 Å². The molecule has 1 aliphatic heterocycles. The predicted octanol–water partition coefficient (Wildman–Crippen LogP) is 0.755. The minimum absolute atomic E-state index is 0. The monoisotopic (exact) mass is 319 g/mol. The van der Waals surface area contributed by atoms with Gasteiger partial charge in [0, 0.05) is 5.69 Å². The van der Waals surface area contributed by atoms with Gasteiger partial charge in [-0.25, -0.2) is 13.6 Å². The van der Waals surface area contributed by atoms with E-state index in [1.54, 1.807) is 19.1 Å². The van der Waals surface area contributed by atoms with E-state index in [0.29, 0.717) is 11.3 Å². The summed E-state index contributed by atoms with van der Waals surface area (Å²) in [6.45, 7) is 2.48.